The zero-order valence-corrected chi connectivity index (χ0v) is 15.8. The Kier molecular flexibility index (Phi) is 5.17. The van der Waals surface area contributed by atoms with E-state index < -0.39 is 6.10 Å². The van der Waals surface area contributed by atoms with E-state index in [2.05, 4.69) is 36.4 Å². The van der Waals surface area contributed by atoms with E-state index in [4.69, 9.17) is 4.74 Å². The van der Waals surface area contributed by atoms with Gasteiger partial charge in [0.25, 0.3) is 0 Å². The smallest absolute Gasteiger partial charge is 0.410 e. The third-order valence-corrected chi connectivity index (χ3v) is 5.80. The van der Waals surface area contributed by atoms with Gasteiger partial charge in [-0.2, -0.15) is 0 Å². The van der Waals surface area contributed by atoms with Gasteiger partial charge in [-0.05, 0) is 42.0 Å². The molecule has 1 atom stereocenters. The summed E-state index contributed by atoms with van der Waals surface area (Å²) in [6.07, 6.45) is 3.42. The normalized spacial score (nSPS) is 17.4. The molecule has 2 aliphatic carbocycles. The van der Waals surface area contributed by atoms with Gasteiger partial charge in [0, 0.05) is 18.5 Å². The molecule has 2 aromatic rings. The van der Waals surface area contributed by atoms with E-state index in [0.29, 0.717) is 13.2 Å². The molecule has 1 amide bonds. The topological polar surface area (TPSA) is 49.8 Å². The molecule has 0 aromatic heterocycles. The molecular weight excluding hydrogens is 338 g/mol. The second-order valence-electron chi connectivity index (χ2n) is 7.74. The van der Waals surface area contributed by atoms with Crippen molar-refractivity contribution in [1.82, 2.24) is 4.90 Å². The molecule has 0 radical (unpaired) electrons. The number of ether oxygens (including phenoxy) is 1. The van der Waals surface area contributed by atoms with Crippen LogP contribution in [-0.4, -0.2) is 41.4 Å². The Balaban J connectivity index is 1.51. The Bertz CT molecular complexity index is 765. The van der Waals surface area contributed by atoms with Crippen molar-refractivity contribution in [1.29, 1.82) is 0 Å². The van der Waals surface area contributed by atoms with Crippen LogP contribution < -0.4 is 0 Å². The summed E-state index contributed by atoms with van der Waals surface area (Å²) in [4.78, 5) is 14.6. The number of aliphatic hydroxyl groups is 1. The molecule has 142 valence electrons. The predicted molar refractivity (Wildman–Crippen MR) is 106 cm³/mol. The van der Waals surface area contributed by atoms with Crippen molar-refractivity contribution in [2.45, 2.75) is 50.7 Å². The lowest BCUT2D eigenvalue weighted by Crippen LogP contribution is -2.43. The van der Waals surface area contributed by atoms with Crippen LogP contribution in [-0.2, 0) is 4.74 Å². The van der Waals surface area contributed by atoms with Crippen molar-refractivity contribution >= 4 is 6.09 Å². The fraction of sp³-hybridized carbons (Fsp3) is 0.435. The lowest BCUT2D eigenvalue weighted by Gasteiger charge is -2.29. The van der Waals surface area contributed by atoms with E-state index in [1.54, 1.807) is 11.8 Å². The van der Waals surface area contributed by atoms with Crippen LogP contribution in [0.2, 0.25) is 0 Å². The maximum absolute atomic E-state index is 12.8. The largest absolute Gasteiger partial charge is 0.448 e. The Morgan fingerprint density at radius 1 is 1.07 bits per heavy atom. The van der Waals surface area contributed by atoms with Gasteiger partial charge >= 0.3 is 6.09 Å². The summed E-state index contributed by atoms with van der Waals surface area (Å²) in [5, 5.41) is 9.82. The van der Waals surface area contributed by atoms with Crippen LogP contribution in [0.3, 0.4) is 0 Å². The second-order valence-corrected chi connectivity index (χ2v) is 7.74. The minimum absolute atomic E-state index is 0.0679. The lowest BCUT2D eigenvalue weighted by molar-refractivity contribution is 0.0592. The summed E-state index contributed by atoms with van der Waals surface area (Å²) in [5.74, 6) is 0.0679. The maximum atomic E-state index is 12.8. The standard InChI is InChI=1S/C23H27NO3/c1-16(25)14-24(17-8-2-3-9-17)23(26)27-15-22-20-12-6-4-10-18(20)19-11-5-7-13-21(19)22/h4-7,10-13,16-17,22,25H,2-3,8-9,14-15H2,1H3/t16-/m1/s1. The van der Waals surface area contributed by atoms with Crippen LogP contribution in [0.25, 0.3) is 11.1 Å². The Hall–Kier alpha value is -2.33. The highest BCUT2D eigenvalue weighted by atomic mass is 16.6. The van der Waals surface area contributed by atoms with Gasteiger partial charge < -0.3 is 14.7 Å². The van der Waals surface area contributed by atoms with Gasteiger partial charge in [-0.1, -0.05) is 61.4 Å². The van der Waals surface area contributed by atoms with E-state index in [9.17, 15) is 9.90 Å². The van der Waals surface area contributed by atoms with E-state index >= 15 is 0 Å². The van der Waals surface area contributed by atoms with Gasteiger partial charge in [-0.3, -0.25) is 0 Å². The molecule has 0 saturated heterocycles. The van der Waals surface area contributed by atoms with E-state index in [1.165, 1.54) is 22.3 Å². The molecule has 4 rings (SSSR count). The number of carbonyl (C=O) groups is 1. The second kappa shape index (κ2) is 7.73. The van der Waals surface area contributed by atoms with E-state index in [1.807, 2.05) is 12.1 Å². The first-order valence-corrected chi connectivity index (χ1v) is 9.95. The summed E-state index contributed by atoms with van der Waals surface area (Å²) in [5.41, 5.74) is 4.89. The number of nitrogens with zero attached hydrogens (tertiary/aromatic N) is 1. The van der Waals surface area contributed by atoms with Crippen molar-refractivity contribution in [3.05, 3.63) is 59.7 Å². The zero-order chi connectivity index (χ0) is 18.8. The summed E-state index contributed by atoms with van der Waals surface area (Å²) in [6, 6.07) is 16.9. The predicted octanol–water partition coefficient (Wildman–Crippen LogP) is 4.56. The van der Waals surface area contributed by atoms with Crippen molar-refractivity contribution in [3.63, 3.8) is 0 Å². The number of hydrogen-bond donors (Lipinski definition) is 1. The minimum atomic E-state index is -0.550. The molecular formula is C23H27NO3. The number of hydrogen-bond acceptors (Lipinski definition) is 3. The lowest BCUT2D eigenvalue weighted by atomic mass is 9.98. The molecule has 0 aliphatic heterocycles. The number of carbonyl (C=O) groups excluding carboxylic acids is 1. The monoisotopic (exact) mass is 365 g/mol. The SMILES string of the molecule is C[C@@H](O)CN(C(=O)OCC1c2ccccc2-c2ccccc21)C1CCCC1. The number of amides is 1. The van der Waals surface area contributed by atoms with Crippen molar-refractivity contribution in [2.75, 3.05) is 13.2 Å². The van der Waals surface area contributed by atoms with Gasteiger partial charge in [-0.25, -0.2) is 4.79 Å². The van der Waals surface area contributed by atoms with E-state index in [-0.39, 0.29) is 18.1 Å². The highest BCUT2D eigenvalue weighted by Crippen LogP contribution is 2.44. The Labute approximate surface area is 160 Å². The van der Waals surface area contributed by atoms with Crippen molar-refractivity contribution in [3.8, 4) is 11.1 Å². The number of rotatable bonds is 5. The molecule has 0 unspecified atom stereocenters. The van der Waals surface area contributed by atoms with Gasteiger partial charge in [0.1, 0.15) is 6.61 Å². The molecule has 1 saturated carbocycles. The Morgan fingerprint density at radius 2 is 1.63 bits per heavy atom. The van der Waals surface area contributed by atoms with Crippen LogP contribution in [0.5, 0.6) is 0 Å². The zero-order valence-electron chi connectivity index (χ0n) is 15.8. The maximum Gasteiger partial charge on any atom is 0.410 e. The molecule has 2 aromatic carbocycles. The fourth-order valence-corrected chi connectivity index (χ4v) is 4.55. The highest BCUT2D eigenvalue weighted by Gasteiger charge is 2.32. The van der Waals surface area contributed by atoms with Crippen LogP contribution in [0, 0.1) is 0 Å². The van der Waals surface area contributed by atoms with Gasteiger partial charge in [-0.15, -0.1) is 0 Å². The number of benzene rings is 2. The number of aliphatic hydroxyl groups excluding tert-OH is 1. The minimum Gasteiger partial charge on any atom is -0.448 e. The molecule has 2 aliphatic rings. The summed E-state index contributed by atoms with van der Waals surface area (Å²) in [6.45, 7) is 2.38. The molecule has 27 heavy (non-hydrogen) atoms. The molecule has 1 fully saturated rings. The summed E-state index contributed by atoms with van der Waals surface area (Å²) >= 11 is 0. The Morgan fingerprint density at radius 3 is 2.19 bits per heavy atom. The first-order chi connectivity index (χ1) is 13.1. The first kappa shape index (κ1) is 18.1. The fourth-order valence-electron chi connectivity index (χ4n) is 4.55. The third-order valence-electron chi connectivity index (χ3n) is 5.80. The van der Waals surface area contributed by atoms with Gasteiger partial charge in [0.2, 0.25) is 0 Å². The van der Waals surface area contributed by atoms with Gasteiger partial charge in [0.05, 0.1) is 6.10 Å². The summed E-state index contributed by atoms with van der Waals surface area (Å²) < 4.78 is 5.79. The van der Waals surface area contributed by atoms with E-state index in [0.717, 1.165) is 25.7 Å². The van der Waals surface area contributed by atoms with Crippen LogP contribution in [0.1, 0.15) is 49.7 Å². The van der Waals surface area contributed by atoms with Crippen LogP contribution >= 0.6 is 0 Å². The third kappa shape index (κ3) is 3.59. The highest BCUT2D eigenvalue weighted by molar-refractivity contribution is 5.79. The van der Waals surface area contributed by atoms with Crippen LogP contribution in [0.15, 0.2) is 48.5 Å². The van der Waals surface area contributed by atoms with Gasteiger partial charge in [0.15, 0.2) is 0 Å². The molecule has 0 bridgehead atoms. The van der Waals surface area contributed by atoms with Crippen LogP contribution in [0.4, 0.5) is 4.79 Å². The molecule has 0 heterocycles. The molecule has 4 nitrogen and oxygen atoms in total. The quantitative estimate of drug-likeness (QED) is 0.845. The molecule has 0 spiro atoms. The van der Waals surface area contributed by atoms with Crippen molar-refractivity contribution in [2.24, 2.45) is 0 Å². The average molecular weight is 365 g/mol. The summed E-state index contributed by atoms with van der Waals surface area (Å²) in [7, 11) is 0. The molecule has 4 heteroatoms. The average Bonchev–Trinajstić information content (AvgIpc) is 3.31. The van der Waals surface area contributed by atoms with Crippen molar-refractivity contribution < 1.29 is 14.6 Å². The molecule has 1 N–H and O–H groups in total. The first-order valence-electron chi connectivity index (χ1n) is 9.95. The number of fused-ring (bicyclic) bond motifs is 3.